The number of hydrogen-bond acceptors (Lipinski definition) is 6. The molecule has 3 heterocycles. The quantitative estimate of drug-likeness (QED) is 0.678. The van der Waals surface area contributed by atoms with Crippen molar-refractivity contribution in [3.63, 3.8) is 0 Å². The molecule has 26 heavy (non-hydrogen) atoms. The van der Waals surface area contributed by atoms with Gasteiger partial charge in [0, 0.05) is 20.9 Å². The Balaban J connectivity index is 1.37. The van der Waals surface area contributed by atoms with Gasteiger partial charge in [-0.1, -0.05) is 18.2 Å². The molecule has 0 aliphatic carbocycles. The highest BCUT2D eigenvalue weighted by molar-refractivity contribution is 7.17. The van der Waals surface area contributed by atoms with Gasteiger partial charge >= 0.3 is 5.97 Å². The topological polar surface area (TPSA) is 64.6 Å². The molecule has 0 fully saturated rings. The van der Waals surface area contributed by atoms with Gasteiger partial charge < -0.3 is 14.8 Å². The number of nitrogens with one attached hydrogen (secondary N) is 1. The molecule has 1 amide bonds. The number of hydrogen-bond donors (Lipinski definition) is 1. The van der Waals surface area contributed by atoms with Gasteiger partial charge in [0.1, 0.15) is 17.2 Å². The maximum Gasteiger partial charge on any atom is 0.348 e. The Hall–Kier alpha value is -2.64. The molecule has 1 aliphatic heterocycles. The van der Waals surface area contributed by atoms with Crippen molar-refractivity contribution in [2.45, 2.75) is 13.2 Å². The molecule has 0 saturated heterocycles. The van der Waals surface area contributed by atoms with E-state index in [0.717, 1.165) is 26.6 Å². The summed E-state index contributed by atoms with van der Waals surface area (Å²) >= 11 is 2.93. The zero-order chi connectivity index (χ0) is 17.9. The van der Waals surface area contributed by atoms with Crippen molar-refractivity contribution in [1.82, 2.24) is 5.32 Å². The molecule has 132 valence electrons. The second kappa shape index (κ2) is 7.31. The molecule has 5 nitrogen and oxygen atoms in total. The number of esters is 1. The number of fused-ring (bicyclic) bond motifs is 3. The molecule has 2 aromatic heterocycles. The second-order valence-electron chi connectivity index (χ2n) is 5.68. The van der Waals surface area contributed by atoms with Gasteiger partial charge in [0.15, 0.2) is 6.61 Å². The number of ether oxygens (including phenoxy) is 2. The average Bonchev–Trinajstić information content (AvgIpc) is 3.33. The van der Waals surface area contributed by atoms with Gasteiger partial charge in [-0.2, -0.15) is 0 Å². The smallest absolute Gasteiger partial charge is 0.348 e. The summed E-state index contributed by atoms with van der Waals surface area (Å²) in [5.41, 5.74) is 1.94. The second-order valence-corrected chi connectivity index (χ2v) is 7.77. The number of rotatable bonds is 5. The van der Waals surface area contributed by atoms with Crippen molar-refractivity contribution in [3.05, 3.63) is 63.2 Å². The van der Waals surface area contributed by atoms with E-state index in [4.69, 9.17) is 9.47 Å². The van der Waals surface area contributed by atoms with Gasteiger partial charge in [0.2, 0.25) is 0 Å². The van der Waals surface area contributed by atoms with E-state index in [1.54, 1.807) is 17.4 Å². The maximum absolute atomic E-state index is 12.3. The molecular weight excluding hydrogens is 370 g/mol. The van der Waals surface area contributed by atoms with E-state index in [-0.39, 0.29) is 12.5 Å². The third-order valence-electron chi connectivity index (χ3n) is 3.90. The number of carbonyl (C=O) groups is 2. The van der Waals surface area contributed by atoms with Crippen LogP contribution in [0.1, 0.15) is 20.1 Å². The first-order chi connectivity index (χ1) is 12.7. The molecule has 7 heteroatoms. The van der Waals surface area contributed by atoms with Crippen LogP contribution in [0, 0.1) is 0 Å². The highest BCUT2D eigenvalue weighted by Gasteiger charge is 2.23. The van der Waals surface area contributed by atoms with Gasteiger partial charge in [-0.3, -0.25) is 4.79 Å². The Kier molecular flexibility index (Phi) is 4.73. The van der Waals surface area contributed by atoms with Gasteiger partial charge in [-0.05, 0) is 29.6 Å². The normalized spacial score (nSPS) is 11.8. The number of para-hydroxylation sites is 1. The van der Waals surface area contributed by atoms with E-state index in [1.165, 1.54) is 11.3 Å². The van der Waals surface area contributed by atoms with E-state index in [0.29, 0.717) is 18.0 Å². The monoisotopic (exact) mass is 385 g/mol. The summed E-state index contributed by atoms with van der Waals surface area (Å²) in [6, 6.07) is 13.4. The van der Waals surface area contributed by atoms with Crippen molar-refractivity contribution in [2.24, 2.45) is 0 Å². The number of carbonyl (C=O) groups excluding carboxylic acids is 2. The van der Waals surface area contributed by atoms with Crippen molar-refractivity contribution in [3.8, 4) is 16.2 Å². The van der Waals surface area contributed by atoms with Gasteiger partial charge in [-0.15, -0.1) is 22.7 Å². The fourth-order valence-corrected chi connectivity index (χ4v) is 4.39. The lowest BCUT2D eigenvalue weighted by molar-refractivity contribution is -0.124. The molecule has 0 unspecified atom stereocenters. The van der Waals surface area contributed by atoms with Crippen molar-refractivity contribution in [1.29, 1.82) is 0 Å². The Labute approximate surface area is 158 Å². The zero-order valence-corrected chi connectivity index (χ0v) is 15.3. The Morgan fingerprint density at radius 2 is 2.08 bits per heavy atom. The molecule has 0 atom stereocenters. The van der Waals surface area contributed by atoms with E-state index in [9.17, 15) is 9.59 Å². The van der Waals surface area contributed by atoms with Crippen LogP contribution in [0.3, 0.4) is 0 Å². The minimum Gasteiger partial charge on any atom is -0.488 e. The minimum atomic E-state index is -0.492. The molecule has 3 aromatic rings. The molecule has 1 aromatic carbocycles. The van der Waals surface area contributed by atoms with Gasteiger partial charge in [0.25, 0.3) is 5.91 Å². The standard InChI is InChI=1S/C19H15NO4S2/c21-17(20-9-13-4-3-7-25-13)11-24-19(22)16-8-12-10-23-15-6-2-1-5-14(15)18(12)26-16/h1-8H,9-11H2,(H,20,21). The maximum atomic E-state index is 12.3. The third-order valence-corrected chi connectivity index (χ3v) is 5.97. The number of amides is 1. The first-order valence-electron chi connectivity index (χ1n) is 8.02. The van der Waals surface area contributed by atoms with Gasteiger partial charge in [-0.25, -0.2) is 4.79 Å². The Bertz CT molecular complexity index is 946. The predicted octanol–water partition coefficient (Wildman–Crippen LogP) is 3.84. The largest absolute Gasteiger partial charge is 0.488 e. The number of thiophene rings is 2. The van der Waals surface area contributed by atoms with Crippen LogP contribution in [0.2, 0.25) is 0 Å². The summed E-state index contributed by atoms with van der Waals surface area (Å²) in [6.07, 6.45) is 0. The van der Waals surface area contributed by atoms with Crippen LogP contribution in [0.5, 0.6) is 5.75 Å². The first kappa shape index (κ1) is 16.8. The fourth-order valence-electron chi connectivity index (χ4n) is 2.65. The van der Waals surface area contributed by atoms with Crippen molar-refractivity contribution < 1.29 is 19.1 Å². The lowest BCUT2D eigenvalue weighted by Gasteiger charge is -2.16. The lowest BCUT2D eigenvalue weighted by Crippen LogP contribution is -2.27. The number of benzene rings is 1. The van der Waals surface area contributed by atoms with Crippen LogP contribution in [0.15, 0.2) is 47.8 Å². The highest BCUT2D eigenvalue weighted by Crippen LogP contribution is 2.42. The highest BCUT2D eigenvalue weighted by atomic mass is 32.1. The fraction of sp³-hybridized carbons (Fsp3) is 0.158. The van der Waals surface area contributed by atoms with E-state index in [1.807, 2.05) is 41.8 Å². The van der Waals surface area contributed by atoms with Crippen LogP contribution in [-0.2, 0) is 22.7 Å². The van der Waals surface area contributed by atoms with E-state index in [2.05, 4.69) is 5.32 Å². The summed E-state index contributed by atoms with van der Waals surface area (Å²) in [5.74, 6) is 0.00428. The molecule has 0 radical (unpaired) electrons. The van der Waals surface area contributed by atoms with Gasteiger partial charge in [0.05, 0.1) is 6.54 Å². The summed E-state index contributed by atoms with van der Waals surface area (Å²) in [4.78, 5) is 26.7. The van der Waals surface area contributed by atoms with Crippen LogP contribution in [0.4, 0.5) is 0 Å². The summed E-state index contributed by atoms with van der Waals surface area (Å²) < 4.78 is 10.8. The molecule has 4 rings (SSSR count). The molecule has 1 N–H and O–H groups in total. The molecule has 0 saturated carbocycles. The summed E-state index contributed by atoms with van der Waals surface area (Å²) in [5, 5.41) is 4.68. The van der Waals surface area contributed by atoms with Crippen LogP contribution in [-0.4, -0.2) is 18.5 Å². The van der Waals surface area contributed by atoms with Crippen molar-refractivity contribution >= 4 is 34.6 Å². The SMILES string of the molecule is O=C(COC(=O)c1cc2c(s1)-c1ccccc1OC2)NCc1cccs1. The van der Waals surface area contributed by atoms with Crippen LogP contribution in [0.25, 0.3) is 10.4 Å². The predicted molar refractivity (Wildman–Crippen MR) is 101 cm³/mol. The molecule has 1 aliphatic rings. The minimum absolute atomic E-state index is 0.292. The van der Waals surface area contributed by atoms with Crippen molar-refractivity contribution in [2.75, 3.05) is 6.61 Å². The lowest BCUT2D eigenvalue weighted by atomic mass is 10.1. The zero-order valence-electron chi connectivity index (χ0n) is 13.7. The summed E-state index contributed by atoms with van der Waals surface area (Å²) in [7, 11) is 0. The molecule has 0 spiro atoms. The Morgan fingerprint density at radius 3 is 2.92 bits per heavy atom. The molecule has 0 bridgehead atoms. The van der Waals surface area contributed by atoms with Crippen LogP contribution >= 0.6 is 22.7 Å². The summed E-state index contributed by atoms with van der Waals surface area (Å²) in [6.45, 7) is 0.576. The first-order valence-corrected chi connectivity index (χ1v) is 9.71. The third kappa shape index (κ3) is 3.49. The van der Waals surface area contributed by atoms with E-state index < -0.39 is 5.97 Å². The average molecular weight is 385 g/mol. The molecular formula is C19H15NO4S2. The van der Waals surface area contributed by atoms with E-state index >= 15 is 0 Å². The van der Waals surface area contributed by atoms with Crippen LogP contribution < -0.4 is 10.1 Å². The Morgan fingerprint density at radius 1 is 1.19 bits per heavy atom.